The topological polar surface area (TPSA) is 71.2 Å². The van der Waals surface area contributed by atoms with Gasteiger partial charge in [-0.15, -0.1) is 0 Å². The number of hydrogen-bond donors (Lipinski definition) is 2. The number of rotatable bonds is 4. The maximum atomic E-state index is 12.8. The van der Waals surface area contributed by atoms with E-state index in [1.54, 1.807) is 37.5 Å². The zero-order valence-corrected chi connectivity index (χ0v) is 11.0. The third-order valence-electron chi connectivity index (χ3n) is 2.85. The van der Waals surface area contributed by atoms with Crippen LogP contribution in [0.15, 0.2) is 42.6 Å². The van der Waals surface area contributed by atoms with Crippen LogP contribution < -0.4 is 11.3 Å². The quantitative estimate of drug-likeness (QED) is 0.658. The molecular formula is C14H15FN4O. The van der Waals surface area contributed by atoms with E-state index in [1.165, 1.54) is 17.0 Å². The van der Waals surface area contributed by atoms with Gasteiger partial charge in [-0.2, -0.15) is 0 Å². The molecule has 3 N–H and O–H groups in total. The summed E-state index contributed by atoms with van der Waals surface area (Å²) in [6.07, 6.45) is 1.55. The second-order valence-electron chi connectivity index (χ2n) is 4.33. The summed E-state index contributed by atoms with van der Waals surface area (Å²) < 4.78 is 12.8. The van der Waals surface area contributed by atoms with E-state index in [0.29, 0.717) is 17.9 Å². The van der Waals surface area contributed by atoms with Gasteiger partial charge in [-0.05, 0) is 29.8 Å². The standard InChI is InChI=1S/C14H15FN4O/c1-19(9-10-4-6-11(15)7-5-10)14(20)12-3-2-8-17-13(12)18-16/h2-8H,9,16H2,1H3,(H,17,18). The molecule has 1 aromatic heterocycles. The van der Waals surface area contributed by atoms with Crippen LogP contribution in [0.4, 0.5) is 10.2 Å². The normalized spacial score (nSPS) is 10.2. The first-order valence-electron chi connectivity index (χ1n) is 6.03. The Morgan fingerprint density at radius 2 is 2.05 bits per heavy atom. The molecule has 0 aliphatic heterocycles. The number of hydrazine groups is 1. The fourth-order valence-electron chi connectivity index (χ4n) is 1.83. The average molecular weight is 274 g/mol. The highest BCUT2D eigenvalue weighted by atomic mass is 19.1. The number of nitrogens with zero attached hydrogens (tertiary/aromatic N) is 2. The van der Waals surface area contributed by atoms with Crippen LogP contribution in [0.3, 0.4) is 0 Å². The van der Waals surface area contributed by atoms with Crippen LogP contribution in [-0.4, -0.2) is 22.8 Å². The minimum atomic E-state index is -0.301. The van der Waals surface area contributed by atoms with Gasteiger partial charge in [0.15, 0.2) is 5.82 Å². The molecule has 1 aromatic carbocycles. The maximum absolute atomic E-state index is 12.8. The zero-order valence-electron chi connectivity index (χ0n) is 11.0. The summed E-state index contributed by atoms with van der Waals surface area (Å²) in [5, 5.41) is 0. The highest BCUT2D eigenvalue weighted by molar-refractivity contribution is 5.98. The van der Waals surface area contributed by atoms with Crippen LogP contribution >= 0.6 is 0 Å². The number of nitrogens with two attached hydrogens (primary N) is 1. The molecule has 6 heteroatoms. The first kappa shape index (κ1) is 14.0. The summed E-state index contributed by atoms with van der Waals surface area (Å²) in [6, 6.07) is 9.33. The Labute approximate surface area is 116 Å². The molecule has 0 saturated carbocycles. The van der Waals surface area contributed by atoms with Gasteiger partial charge in [0.1, 0.15) is 5.82 Å². The van der Waals surface area contributed by atoms with E-state index in [0.717, 1.165) is 5.56 Å². The molecule has 0 saturated heterocycles. The number of pyridine rings is 1. The van der Waals surface area contributed by atoms with Crippen molar-refractivity contribution >= 4 is 11.7 Å². The Morgan fingerprint density at radius 1 is 1.35 bits per heavy atom. The number of halogens is 1. The van der Waals surface area contributed by atoms with Gasteiger partial charge >= 0.3 is 0 Å². The molecular weight excluding hydrogens is 259 g/mol. The van der Waals surface area contributed by atoms with Gasteiger partial charge in [0.05, 0.1) is 5.56 Å². The third kappa shape index (κ3) is 3.10. The maximum Gasteiger partial charge on any atom is 0.257 e. The van der Waals surface area contributed by atoms with Gasteiger partial charge in [-0.1, -0.05) is 12.1 Å². The summed E-state index contributed by atoms with van der Waals surface area (Å²) in [5.41, 5.74) is 3.62. The number of aromatic nitrogens is 1. The summed E-state index contributed by atoms with van der Waals surface area (Å²) in [5.74, 6) is 5.14. The largest absolute Gasteiger partial charge is 0.337 e. The molecule has 20 heavy (non-hydrogen) atoms. The van der Waals surface area contributed by atoms with Gasteiger partial charge in [-0.3, -0.25) is 4.79 Å². The summed E-state index contributed by atoms with van der Waals surface area (Å²) in [7, 11) is 1.67. The van der Waals surface area contributed by atoms with Gasteiger partial charge in [0.2, 0.25) is 0 Å². The number of nitrogen functional groups attached to an aromatic ring is 1. The van der Waals surface area contributed by atoms with Crippen LogP contribution in [0.2, 0.25) is 0 Å². The van der Waals surface area contributed by atoms with Gasteiger partial charge in [0, 0.05) is 19.8 Å². The van der Waals surface area contributed by atoms with Crippen LogP contribution in [0.1, 0.15) is 15.9 Å². The van der Waals surface area contributed by atoms with Crippen molar-refractivity contribution in [2.24, 2.45) is 5.84 Å². The van der Waals surface area contributed by atoms with Crippen molar-refractivity contribution in [2.45, 2.75) is 6.54 Å². The minimum Gasteiger partial charge on any atom is -0.337 e. The predicted octanol–water partition coefficient (Wildman–Crippen LogP) is 1.78. The lowest BCUT2D eigenvalue weighted by Gasteiger charge is -2.18. The van der Waals surface area contributed by atoms with E-state index >= 15 is 0 Å². The number of anilines is 1. The van der Waals surface area contributed by atoms with Crippen molar-refractivity contribution in [3.05, 3.63) is 59.5 Å². The number of nitrogens with one attached hydrogen (secondary N) is 1. The Balaban J connectivity index is 2.14. The third-order valence-corrected chi connectivity index (χ3v) is 2.85. The minimum absolute atomic E-state index is 0.213. The van der Waals surface area contributed by atoms with Crippen molar-refractivity contribution in [3.8, 4) is 0 Å². The molecule has 1 heterocycles. The number of amides is 1. The zero-order chi connectivity index (χ0) is 14.5. The molecule has 0 radical (unpaired) electrons. The van der Waals surface area contributed by atoms with E-state index in [-0.39, 0.29) is 11.7 Å². The fourth-order valence-corrected chi connectivity index (χ4v) is 1.83. The first-order chi connectivity index (χ1) is 9.61. The molecule has 0 aliphatic rings. The molecule has 0 unspecified atom stereocenters. The Bertz CT molecular complexity index is 600. The smallest absolute Gasteiger partial charge is 0.257 e. The van der Waals surface area contributed by atoms with Crippen LogP contribution in [0.25, 0.3) is 0 Å². The van der Waals surface area contributed by atoms with E-state index in [4.69, 9.17) is 5.84 Å². The van der Waals surface area contributed by atoms with Crippen molar-refractivity contribution in [2.75, 3.05) is 12.5 Å². The summed E-state index contributed by atoms with van der Waals surface area (Å²) >= 11 is 0. The molecule has 0 bridgehead atoms. The summed E-state index contributed by atoms with van der Waals surface area (Å²) in [4.78, 5) is 17.8. The lowest BCUT2D eigenvalue weighted by atomic mass is 10.2. The second-order valence-corrected chi connectivity index (χ2v) is 4.33. The SMILES string of the molecule is CN(Cc1ccc(F)cc1)C(=O)c1cccnc1NN. The number of carbonyl (C=O) groups excluding carboxylic acids is 1. The molecule has 0 spiro atoms. The molecule has 2 rings (SSSR count). The Morgan fingerprint density at radius 3 is 2.70 bits per heavy atom. The van der Waals surface area contributed by atoms with E-state index in [1.807, 2.05) is 0 Å². The molecule has 1 amide bonds. The van der Waals surface area contributed by atoms with Gasteiger partial charge < -0.3 is 10.3 Å². The van der Waals surface area contributed by atoms with Gasteiger partial charge in [-0.25, -0.2) is 15.2 Å². The van der Waals surface area contributed by atoms with Crippen molar-refractivity contribution in [1.29, 1.82) is 0 Å². The van der Waals surface area contributed by atoms with E-state index in [2.05, 4.69) is 10.4 Å². The van der Waals surface area contributed by atoms with E-state index < -0.39 is 0 Å². The molecule has 5 nitrogen and oxygen atoms in total. The van der Waals surface area contributed by atoms with Crippen LogP contribution in [-0.2, 0) is 6.54 Å². The number of benzene rings is 1. The molecule has 0 atom stereocenters. The second kappa shape index (κ2) is 6.12. The van der Waals surface area contributed by atoms with Crippen molar-refractivity contribution < 1.29 is 9.18 Å². The van der Waals surface area contributed by atoms with Crippen molar-refractivity contribution in [1.82, 2.24) is 9.88 Å². The monoisotopic (exact) mass is 274 g/mol. The average Bonchev–Trinajstić information content (AvgIpc) is 2.48. The van der Waals surface area contributed by atoms with Crippen LogP contribution in [0, 0.1) is 5.82 Å². The Kier molecular flexibility index (Phi) is 4.27. The number of carbonyl (C=O) groups is 1. The number of hydrogen-bond acceptors (Lipinski definition) is 4. The lowest BCUT2D eigenvalue weighted by molar-refractivity contribution is 0.0785. The summed E-state index contributed by atoms with van der Waals surface area (Å²) in [6.45, 7) is 0.373. The fraction of sp³-hybridized carbons (Fsp3) is 0.143. The molecule has 0 aliphatic carbocycles. The van der Waals surface area contributed by atoms with Crippen molar-refractivity contribution in [3.63, 3.8) is 0 Å². The van der Waals surface area contributed by atoms with Crippen LogP contribution in [0.5, 0.6) is 0 Å². The van der Waals surface area contributed by atoms with Gasteiger partial charge in [0.25, 0.3) is 5.91 Å². The molecule has 104 valence electrons. The highest BCUT2D eigenvalue weighted by Gasteiger charge is 2.16. The lowest BCUT2D eigenvalue weighted by Crippen LogP contribution is -2.28. The Hall–Kier alpha value is -2.47. The highest BCUT2D eigenvalue weighted by Crippen LogP contribution is 2.14. The molecule has 0 fully saturated rings. The predicted molar refractivity (Wildman–Crippen MR) is 74.2 cm³/mol. The van der Waals surface area contributed by atoms with E-state index in [9.17, 15) is 9.18 Å². The first-order valence-corrected chi connectivity index (χ1v) is 6.03. The molecule has 2 aromatic rings.